The van der Waals surface area contributed by atoms with E-state index in [9.17, 15) is 47.9 Å². The first kappa shape index (κ1) is 65.6. The molecule has 0 aromatic heterocycles. The standard InChI is InChI=1S/C63H76O20/c1-8-53(64)74-34-36-76-55(66)30-32-57(68)78-40(4)10-12-44-14-26-50(27-15-44)80-60(70)46-18-22-48(23-19-46)62(72)82-52-38-39(3)59(43(7)42(52)6)83-63(73)49-24-20-47(21-25-49)61(71)81-51-28-16-45(17-29-51)13-11-41(5)79-58(69)33-31-56(67)77-37-35-75-54(65)9-2/h8-9,14-17,26-29,38,40-41,46-49H,1-2,10-13,18-25,30-37H2,3-7H3. The predicted molar refractivity (Wildman–Crippen MR) is 297 cm³/mol. The maximum Gasteiger partial charge on any atom is 0.330 e. The summed E-state index contributed by atoms with van der Waals surface area (Å²) in [6.07, 6.45) is 6.29. The minimum absolute atomic E-state index is 0.113. The number of hydrogen-bond donors (Lipinski definition) is 0. The fourth-order valence-corrected chi connectivity index (χ4v) is 9.33. The van der Waals surface area contributed by atoms with Crippen molar-refractivity contribution < 1.29 is 95.3 Å². The lowest BCUT2D eigenvalue weighted by Gasteiger charge is -2.27. The van der Waals surface area contributed by atoms with Crippen LogP contribution in [0.5, 0.6) is 23.0 Å². The molecule has 20 heteroatoms. The van der Waals surface area contributed by atoms with E-state index in [1.54, 1.807) is 65.0 Å². The van der Waals surface area contributed by atoms with E-state index < -0.39 is 71.8 Å². The molecule has 3 aromatic rings. The molecule has 2 unspecified atom stereocenters. The Morgan fingerprint density at radius 1 is 0.458 bits per heavy atom. The van der Waals surface area contributed by atoms with E-state index in [2.05, 4.69) is 13.2 Å². The third kappa shape index (κ3) is 22.6. The van der Waals surface area contributed by atoms with Crippen LogP contribution in [-0.4, -0.2) is 98.3 Å². The lowest BCUT2D eigenvalue weighted by molar-refractivity contribution is -0.154. The lowest BCUT2D eigenvalue weighted by Crippen LogP contribution is -2.31. The zero-order valence-corrected chi connectivity index (χ0v) is 48.0. The molecule has 5 rings (SSSR count). The highest BCUT2D eigenvalue weighted by molar-refractivity contribution is 5.83. The number of rotatable bonds is 30. The van der Waals surface area contributed by atoms with Crippen molar-refractivity contribution in [2.45, 2.75) is 150 Å². The smallest absolute Gasteiger partial charge is 0.330 e. The molecule has 0 saturated heterocycles. The van der Waals surface area contributed by atoms with E-state index in [1.807, 2.05) is 24.3 Å². The van der Waals surface area contributed by atoms with Gasteiger partial charge in [0.1, 0.15) is 49.4 Å². The molecular weight excluding hydrogens is 1080 g/mol. The normalized spacial score (nSPS) is 17.2. The van der Waals surface area contributed by atoms with Crippen molar-refractivity contribution in [1.29, 1.82) is 0 Å². The lowest BCUT2D eigenvalue weighted by atomic mass is 9.82. The van der Waals surface area contributed by atoms with E-state index in [0.29, 0.717) is 117 Å². The van der Waals surface area contributed by atoms with E-state index in [0.717, 1.165) is 23.3 Å². The van der Waals surface area contributed by atoms with Crippen LogP contribution in [0.4, 0.5) is 0 Å². The van der Waals surface area contributed by atoms with Crippen LogP contribution in [0.25, 0.3) is 0 Å². The van der Waals surface area contributed by atoms with E-state index in [1.165, 1.54) is 0 Å². The van der Waals surface area contributed by atoms with Gasteiger partial charge in [-0.3, -0.25) is 38.4 Å². The van der Waals surface area contributed by atoms with Crippen LogP contribution >= 0.6 is 0 Å². The minimum Gasteiger partial charge on any atom is -0.463 e. The Labute approximate surface area is 483 Å². The minimum atomic E-state index is -0.628. The van der Waals surface area contributed by atoms with Gasteiger partial charge in [0.25, 0.3) is 0 Å². The number of carbonyl (C=O) groups excluding carboxylic acids is 10. The van der Waals surface area contributed by atoms with E-state index >= 15 is 0 Å². The Hall–Kier alpha value is -8.16. The quantitative estimate of drug-likeness (QED) is 0.0198. The molecule has 2 aliphatic rings. The molecule has 20 nitrogen and oxygen atoms in total. The van der Waals surface area contributed by atoms with Crippen LogP contribution in [0, 0.1) is 44.4 Å². The predicted octanol–water partition coefficient (Wildman–Crippen LogP) is 9.08. The summed E-state index contributed by atoms with van der Waals surface area (Å²) in [4.78, 5) is 124. The molecule has 0 N–H and O–H groups in total. The van der Waals surface area contributed by atoms with Gasteiger partial charge in [-0.2, -0.15) is 0 Å². The highest BCUT2D eigenvalue weighted by Crippen LogP contribution is 2.38. The molecule has 0 amide bonds. The van der Waals surface area contributed by atoms with Gasteiger partial charge in [0.05, 0.1) is 61.6 Å². The van der Waals surface area contributed by atoms with Gasteiger partial charge in [0.15, 0.2) is 0 Å². The molecule has 0 spiro atoms. The fraction of sp³-hybridized carbons (Fsp3) is 0.492. The Morgan fingerprint density at radius 2 is 0.795 bits per heavy atom. The van der Waals surface area contributed by atoms with Crippen LogP contribution < -0.4 is 18.9 Å². The molecular formula is C63H76O20. The number of aryl methyl sites for hydroxylation is 3. The van der Waals surface area contributed by atoms with Crippen LogP contribution in [0.3, 0.4) is 0 Å². The SMILES string of the molecule is C=CC(=O)OCCOC(=O)CCC(=O)OC(C)CCc1ccc(OC(=O)C2CCC(C(=O)Oc3cc(C)c(OC(=O)C4CCC(C(=O)Oc5ccc(CCC(C)OC(=O)CCC(=O)OCCOC(=O)C=C)cc5)CC4)c(C)c3C)CC2)cc1. The monoisotopic (exact) mass is 1150 g/mol. The summed E-state index contributed by atoms with van der Waals surface area (Å²) in [6, 6.07) is 15.8. The number of hydrogen-bond acceptors (Lipinski definition) is 20. The molecule has 0 heterocycles. The Balaban J connectivity index is 0.955. The number of benzene rings is 3. The molecule has 3 aromatic carbocycles. The van der Waals surface area contributed by atoms with Crippen LogP contribution in [0.2, 0.25) is 0 Å². The first-order chi connectivity index (χ1) is 39.7. The molecule has 2 fully saturated rings. The summed E-state index contributed by atoms with van der Waals surface area (Å²) >= 11 is 0. The highest BCUT2D eigenvalue weighted by atomic mass is 16.6. The van der Waals surface area contributed by atoms with Crippen molar-refractivity contribution in [2.24, 2.45) is 23.7 Å². The Kier molecular flexibility index (Phi) is 26.6. The Morgan fingerprint density at radius 3 is 1.17 bits per heavy atom. The number of esters is 10. The number of ether oxygens (including phenoxy) is 10. The van der Waals surface area contributed by atoms with Crippen molar-refractivity contribution >= 4 is 59.7 Å². The topological polar surface area (TPSA) is 263 Å². The summed E-state index contributed by atoms with van der Waals surface area (Å²) in [5.74, 6) is -5.19. The second kappa shape index (κ2) is 33.7. The van der Waals surface area contributed by atoms with E-state index in [-0.39, 0.29) is 75.9 Å². The maximum absolute atomic E-state index is 13.5. The van der Waals surface area contributed by atoms with Crippen molar-refractivity contribution in [1.82, 2.24) is 0 Å². The fourth-order valence-electron chi connectivity index (χ4n) is 9.33. The molecule has 2 aliphatic carbocycles. The summed E-state index contributed by atoms with van der Waals surface area (Å²) in [5.41, 5.74) is 3.81. The molecule has 2 saturated carbocycles. The molecule has 2 atom stereocenters. The second-order valence-corrected chi connectivity index (χ2v) is 20.7. The molecule has 0 bridgehead atoms. The van der Waals surface area contributed by atoms with Gasteiger partial charge in [0.2, 0.25) is 0 Å². The van der Waals surface area contributed by atoms with Gasteiger partial charge < -0.3 is 47.4 Å². The van der Waals surface area contributed by atoms with Gasteiger partial charge in [-0.05, 0) is 170 Å². The maximum atomic E-state index is 13.5. The number of carbonyl (C=O) groups is 10. The third-order valence-corrected chi connectivity index (χ3v) is 14.4. The van der Waals surface area contributed by atoms with Crippen molar-refractivity contribution in [3.8, 4) is 23.0 Å². The molecule has 448 valence electrons. The van der Waals surface area contributed by atoms with Crippen LogP contribution in [0.1, 0.15) is 132 Å². The second-order valence-electron chi connectivity index (χ2n) is 20.7. The summed E-state index contributed by atoms with van der Waals surface area (Å²) in [6.45, 7) is 15.0. The third-order valence-electron chi connectivity index (χ3n) is 14.4. The Bertz CT molecular complexity index is 2760. The zero-order valence-electron chi connectivity index (χ0n) is 48.0. The largest absolute Gasteiger partial charge is 0.463 e. The first-order valence-electron chi connectivity index (χ1n) is 28.2. The average Bonchev–Trinajstić information content (AvgIpc) is 3.67. The molecule has 0 radical (unpaired) electrons. The van der Waals surface area contributed by atoms with Gasteiger partial charge in [-0.15, -0.1) is 0 Å². The van der Waals surface area contributed by atoms with Crippen molar-refractivity contribution in [3.63, 3.8) is 0 Å². The van der Waals surface area contributed by atoms with Gasteiger partial charge in [0, 0.05) is 12.2 Å². The van der Waals surface area contributed by atoms with Crippen LogP contribution in [0.15, 0.2) is 79.9 Å². The summed E-state index contributed by atoms with van der Waals surface area (Å²) < 4.78 is 53.4. The zero-order chi connectivity index (χ0) is 60.4. The van der Waals surface area contributed by atoms with Crippen molar-refractivity contribution in [3.05, 3.63) is 108 Å². The highest BCUT2D eigenvalue weighted by Gasteiger charge is 2.35. The van der Waals surface area contributed by atoms with Crippen molar-refractivity contribution in [2.75, 3.05) is 26.4 Å². The van der Waals surface area contributed by atoms with Gasteiger partial charge >= 0.3 is 59.7 Å². The van der Waals surface area contributed by atoms with E-state index in [4.69, 9.17) is 47.4 Å². The van der Waals surface area contributed by atoms with Gasteiger partial charge in [-0.25, -0.2) is 9.59 Å². The average molecular weight is 1150 g/mol. The van der Waals surface area contributed by atoms with Crippen LogP contribution in [-0.2, 0) is 89.2 Å². The summed E-state index contributed by atoms with van der Waals surface area (Å²) in [5, 5.41) is 0. The van der Waals surface area contributed by atoms with Gasteiger partial charge in [-0.1, -0.05) is 37.4 Å². The molecule has 0 aliphatic heterocycles. The summed E-state index contributed by atoms with van der Waals surface area (Å²) in [7, 11) is 0. The first-order valence-corrected chi connectivity index (χ1v) is 28.2. The molecule has 83 heavy (non-hydrogen) atoms.